The highest BCUT2D eigenvalue weighted by atomic mass is 79.9. The van der Waals surface area contributed by atoms with Gasteiger partial charge in [0.15, 0.2) is 0 Å². The molecule has 6 rings (SSSR count). The van der Waals surface area contributed by atoms with Gasteiger partial charge in [-0.1, -0.05) is 19.1 Å². The Balaban J connectivity index is 1.27. The standard InChI is InChI=1S/C26H30BrN7O2/c1-2-6-29-24-16-5-7-34(25(16)32-13-31-24)20-11-26(22(36)21(20)35)10-19(30-12-26)15-4-3-14-8-17(27)23(28)33-18(14)9-15/h3-5,7-9,13,19-22,30,35-36H,2,6,10-12H2,1H3,(H2,28,33)(H,29,31,32). The minimum Gasteiger partial charge on any atom is -0.390 e. The minimum atomic E-state index is -0.890. The molecule has 36 heavy (non-hydrogen) atoms. The number of halogens is 1. The fourth-order valence-electron chi connectivity index (χ4n) is 6.00. The van der Waals surface area contributed by atoms with Gasteiger partial charge >= 0.3 is 0 Å². The third-order valence-corrected chi connectivity index (χ3v) is 8.54. The van der Waals surface area contributed by atoms with Crippen molar-refractivity contribution >= 4 is 49.5 Å². The number of hydrogen-bond acceptors (Lipinski definition) is 8. The van der Waals surface area contributed by atoms with Crippen LogP contribution in [0.15, 0.2) is 47.3 Å². The molecule has 1 aromatic carbocycles. The van der Waals surface area contributed by atoms with E-state index in [1.165, 1.54) is 0 Å². The van der Waals surface area contributed by atoms with Crippen molar-refractivity contribution in [2.45, 2.75) is 50.5 Å². The molecular formula is C26H30BrN7O2. The number of nitrogens with zero attached hydrogens (tertiary/aromatic N) is 4. The molecule has 1 spiro atoms. The molecule has 0 radical (unpaired) electrons. The Kier molecular flexibility index (Phi) is 5.87. The van der Waals surface area contributed by atoms with E-state index in [4.69, 9.17) is 5.73 Å². The van der Waals surface area contributed by atoms with Gasteiger partial charge in [0, 0.05) is 36.1 Å². The summed E-state index contributed by atoms with van der Waals surface area (Å²) in [5.41, 5.74) is 8.27. The molecule has 2 aliphatic rings. The molecule has 10 heteroatoms. The van der Waals surface area contributed by atoms with Crippen LogP contribution in [0.3, 0.4) is 0 Å². The van der Waals surface area contributed by atoms with Crippen LogP contribution >= 0.6 is 15.9 Å². The predicted molar refractivity (Wildman–Crippen MR) is 144 cm³/mol. The number of aliphatic hydroxyl groups is 2. The molecule has 1 saturated heterocycles. The van der Waals surface area contributed by atoms with Gasteiger partial charge in [0.2, 0.25) is 0 Å². The summed E-state index contributed by atoms with van der Waals surface area (Å²) in [6, 6.07) is 9.94. The molecule has 1 saturated carbocycles. The lowest BCUT2D eigenvalue weighted by Crippen LogP contribution is -2.38. The topological polar surface area (TPSA) is 134 Å². The van der Waals surface area contributed by atoms with Gasteiger partial charge in [-0.2, -0.15) is 0 Å². The van der Waals surface area contributed by atoms with Gasteiger partial charge in [-0.05, 0) is 59.0 Å². The Morgan fingerprint density at radius 2 is 2.08 bits per heavy atom. The molecule has 4 aromatic rings. The van der Waals surface area contributed by atoms with Crippen molar-refractivity contribution in [3.05, 3.63) is 52.9 Å². The Bertz CT molecular complexity index is 1440. The van der Waals surface area contributed by atoms with Crippen LogP contribution in [0.1, 0.15) is 43.8 Å². The number of aliphatic hydroxyl groups excluding tert-OH is 2. The van der Waals surface area contributed by atoms with Gasteiger partial charge in [-0.15, -0.1) is 0 Å². The largest absolute Gasteiger partial charge is 0.390 e. The summed E-state index contributed by atoms with van der Waals surface area (Å²) in [6.07, 6.45) is 4.13. The molecule has 5 atom stereocenters. The summed E-state index contributed by atoms with van der Waals surface area (Å²) >= 11 is 3.44. The molecule has 4 heterocycles. The van der Waals surface area contributed by atoms with E-state index in [9.17, 15) is 10.2 Å². The molecule has 1 aliphatic heterocycles. The van der Waals surface area contributed by atoms with Crippen LogP contribution in [-0.4, -0.2) is 55.0 Å². The Morgan fingerprint density at radius 1 is 1.22 bits per heavy atom. The van der Waals surface area contributed by atoms with E-state index >= 15 is 0 Å². The third-order valence-electron chi connectivity index (χ3n) is 7.91. The maximum Gasteiger partial charge on any atom is 0.145 e. The summed E-state index contributed by atoms with van der Waals surface area (Å²) < 4.78 is 2.79. The average molecular weight is 552 g/mol. The second-order valence-corrected chi connectivity index (χ2v) is 11.0. The monoisotopic (exact) mass is 551 g/mol. The van der Waals surface area contributed by atoms with Crippen molar-refractivity contribution in [3.8, 4) is 0 Å². The highest BCUT2D eigenvalue weighted by Crippen LogP contribution is 2.52. The summed E-state index contributed by atoms with van der Waals surface area (Å²) in [5, 5.41) is 31.4. The third kappa shape index (κ3) is 3.75. The number of nitrogen functional groups attached to an aromatic ring is 1. The summed E-state index contributed by atoms with van der Waals surface area (Å²) in [7, 11) is 0. The fourth-order valence-corrected chi connectivity index (χ4v) is 6.34. The minimum absolute atomic E-state index is 0.0512. The van der Waals surface area contributed by atoms with Crippen molar-refractivity contribution in [2.24, 2.45) is 5.41 Å². The number of rotatable bonds is 5. The lowest BCUT2D eigenvalue weighted by molar-refractivity contribution is -0.0218. The molecule has 5 unspecified atom stereocenters. The Labute approximate surface area is 217 Å². The second kappa shape index (κ2) is 8.95. The quantitative estimate of drug-likeness (QED) is 0.254. The van der Waals surface area contributed by atoms with Crippen LogP contribution < -0.4 is 16.4 Å². The number of anilines is 2. The Hall–Kier alpha value is -2.79. The number of nitrogens with two attached hydrogens (primary N) is 1. The molecule has 9 nitrogen and oxygen atoms in total. The second-order valence-electron chi connectivity index (χ2n) is 10.1. The molecular weight excluding hydrogens is 522 g/mol. The van der Waals surface area contributed by atoms with Crippen molar-refractivity contribution in [2.75, 3.05) is 24.1 Å². The first-order valence-corrected chi connectivity index (χ1v) is 13.2. The van der Waals surface area contributed by atoms with Gasteiger partial charge in [0.1, 0.15) is 29.7 Å². The van der Waals surface area contributed by atoms with Crippen molar-refractivity contribution in [1.29, 1.82) is 0 Å². The van der Waals surface area contributed by atoms with Crippen LogP contribution in [0.4, 0.5) is 11.6 Å². The molecule has 1 aliphatic carbocycles. The lowest BCUT2D eigenvalue weighted by atomic mass is 9.80. The molecule has 6 N–H and O–H groups in total. The summed E-state index contributed by atoms with van der Waals surface area (Å²) in [5.74, 6) is 1.26. The normalized spacial score (nSPS) is 28.0. The van der Waals surface area contributed by atoms with E-state index < -0.39 is 17.6 Å². The van der Waals surface area contributed by atoms with Gasteiger partial charge in [0.25, 0.3) is 0 Å². The number of aromatic nitrogens is 4. The van der Waals surface area contributed by atoms with E-state index in [0.29, 0.717) is 18.8 Å². The Morgan fingerprint density at radius 3 is 2.92 bits per heavy atom. The van der Waals surface area contributed by atoms with Crippen LogP contribution in [0.2, 0.25) is 0 Å². The van der Waals surface area contributed by atoms with Crippen LogP contribution in [0.5, 0.6) is 0 Å². The number of hydrogen-bond donors (Lipinski definition) is 5. The maximum absolute atomic E-state index is 11.3. The van der Waals surface area contributed by atoms with Crippen molar-refractivity contribution in [1.82, 2.24) is 24.8 Å². The zero-order chi connectivity index (χ0) is 25.0. The lowest BCUT2D eigenvalue weighted by Gasteiger charge is -2.27. The van der Waals surface area contributed by atoms with E-state index in [1.54, 1.807) is 6.33 Å². The summed E-state index contributed by atoms with van der Waals surface area (Å²) in [4.78, 5) is 13.4. The fraction of sp³-hybridized carbons (Fsp3) is 0.423. The molecule has 2 fully saturated rings. The van der Waals surface area contributed by atoms with E-state index in [0.717, 1.165) is 57.2 Å². The molecule has 188 valence electrons. The first kappa shape index (κ1) is 23.6. The van der Waals surface area contributed by atoms with Crippen molar-refractivity contribution in [3.63, 3.8) is 0 Å². The number of fused-ring (bicyclic) bond motifs is 2. The van der Waals surface area contributed by atoms with Crippen LogP contribution in [0.25, 0.3) is 21.9 Å². The van der Waals surface area contributed by atoms with Crippen LogP contribution in [-0.2, 0) is 0 Å². The van der Waals surface area contributed by atoms with Gasteiger partial charge in [0.05, 0.1) is 27.5 Å². The van der Waals surface area contributed by atoms with E-state index in [-0.39, 0.29) is 12.1 Å². The average Bonchev–Trinajstić information content (AvgIpc) is 3.57. The van der Waals surface area contributed by atoms with E-state index in [1.807, 2.05) is 29.0 Å². The SMILES string of the molecule is CCCNc1ncnc2c1ccn2C1CC2(CNC(c3ccc4cc(Br)c(N)nc4c3)C2)C(O)C1O. The van der Waals surface area contributed by atoms with Crippen LogP contribution in [0, 0.1) is 5.41 Å². The highest BCUT2D eigenvalue weighted by Gasteiger charge is 2.56. The smallest absolute Gasteiger partial charge is 0.145 e. The van der Waals surface area contributed by atoms with Gasteiger partial charge < -0.3 is 31.1 Å². The highest BCUT2D eigenvalue weighted by molar-refractivity contribution is 9.10. The first-order valence-electron chi connectivity index (χ1n) is 12.4. The van der Waals surface area contributed by atoms with Gasteiger partial charge in [-0.3, -0.25) is 0 Å². The first-order chi connectivity index (χ1) is 17.4. The zero-order valence-corrected chi connectivity index (χ0v) is 21.6. The summed E-state index contributed by atoms with van der Waals surface area (Å²) in [6.45, 7) is 3.56. The van der Waals surface area contributed by atoms with Crippen molar-refractivity contribution < 1.29 is 10.2 Å². The number of benzene rings is 1. The molecule has 3 aromatic heterocycles. The maximum atomic E-state index is 11.3. The zero-order valence-electron chi connectivity index (χ0n) is 20.0. The number of nitrogens with one attached hydrogen (secondary N) is 2. The molecule has 0 amide bonds. The molecule has 0 bridgehead atoms. The van der Waals surface area contributed by atoms with E-state index in [2.05, 4.69) is 60.6 Å². The predicted octanol–water partition coefficient (Wildman–Crippen LogP) is 3.53. The van der Waals surface area contributed by atoms with Gasteiger partial charge in [-0.25, -0.2) is 15.0 Å². The number of pyridine rings is 1.